The highest BCUT2D eigenvalue weighted by Crippen LogP contribution is 2.88. The second kappa shape index (κ2) is 10.1. The lowest BCUT2D eigenvalue weighted by molar-refractivity contribution is -0.253. The second-order valence-corrected chi connectivity index (χ2v) is 18.6. The molecule has 0 bridgehead atoms. The molecule has 4 aliphatic heterocycles. The number of rotatable bonds is 6. The molecule has 4 heterocycles. The minimum Gasteiger partial charge on any atom is -0.389 e. The van der Waals surface area contributed by atoms with Crippen LogP contribution in [0.4, 0.5) is 0 Å². The van der Waals surface area contributed by atoms with Gasteiger partial charge in [-0.05, 0) is 99.7 Å². The van der Waals surface area contributed by atoms with E-state index in [0.29, 0.717) is 34.6 Å². The SMILES string of the molecule is C=CC12CCC34CC35CCC(OC3CN(C6COC6)CCO3)C(C)(C)C5CCC4C1(N)SC1OC(C(N)C(C)(C)O)CCC12. The van der Waals surface area contributed by atoms with Gasteiger partial charge in [0.05, 0.1) is 61.1 Å². The van der Waals surface area contributed by atoms with Crippen LogP contribution in [0.15, 0.2) is 12.7 Å². The molecular weight excluding hydrogens is 574 g/mol. The number of fused-ring (bicyclic) bond motifs is 4. The molecule has 8 nitrogen and oxygen atoms in total. The Bertz CT molecular complexity index is 1160. The van der Waals surface area contributed by atoms with Gasteiger partial charge in [0.1, 0.15) is 5.44 Å². The van der Waals surface area contributed by atoms with Crippen LogP contribution >= 0.6 is 11.8 Å². The summed E-state index contributed by atoms with van der Waals surface area (Å²) in [5.41, 5.74) is 14.0. The zero-order valence-electron chi connectivity index (χ0n) is 27.5. The monoisotopic (exact) mass is 631 g/mol. The van der Waals surface area contributed by atoms with E-state index in [-0.39, 0.29) is 39.6 Å². The summed E-state index contributed by atoms with van der Waals surface area (Å²) in [4.78, 5) is 2.12. The highest BCUT2D eigenvalue weighted by atomic mass is 32.2. The molecule has 0 aromatic carbocycles. The van der Waals surface area contributed by atoms with Gasteiger partial charge in [-0.25, -0.2) is 0 Å². The zero-order valence-corrected chi connectivity index (χ0v) is 28.3. The summed E-state index contributed by atoms with van der Waals surface area (Å²) in [6.45, 7) is 17.3. The predicted octanol–water partition coefficient (Wildman–Crippen LogP) is 4.24. The number of hydrogen-bond acceptors (Lipinski definition) is 9. The van der Waals surface area contributed by atoms with Crippen LogP contribution in [-0.4, -0.2) is 89.4 Å². The van der Waals surface area contributed by atoms with Crippen LogP contribution in [0.5, 0.6) is 0 Å². The molecule has 0 radical (unpaired) electrons. The topological polar surface area (TPSA) is 112 Å². The Morgan fingerprint density at radius 1 is 1.07 bits per heavy atom. The van der Waals surface area contributed by atoms with E-state index in [2.05, 4.69) is 31.4 Å². The van der Waals surface area contributed by atoms with E-state index >= 15 is 0 Å². The van der Waals surface area contributed by atoms with Crippen molar-refractivity contribution in [3.63, 3.8) is 0 Å². The van der Waals surface area contributed by atoms with Crippen molar-refractivity contribution >= 4 is 11.8 Å². The molecule has 0 amide bonds. The van der Waals surface area contributed by atoms with Crippen molar-refractivity contribution in [2.24, 2.45) is 50.9 Å². The third-order valence-corrected chi connectivity index (χ3v) is 16.6. The molecule has 4 aliphatic carbocycles. The largest absolute Gasteiger partial charge is 0.389 e. The van der Waals surface area contributed by atoms with Crippen molar-refractivity contribution in [2.45, 2.75) is 132 Å². The van der Waals surface area contributed by atoms with Gasteiger partial charge in [0.2, 0.25) is 0 Å². The fourth-order valence-electron chi connectivity index (χ4n) is 12.3. The van der Waals surface area contributed by atoms with Crippen LogP contribution in [0.25, 0.3) is 0 Å². The first-order valence-corrected chi connectivity index (χ1v) is 18.5. The summed E-state index contributed by atoms with van der Waals surface area (Å²) in [7, 11) is 0. The minimum atomic E-state index is -0.976. The average molecular weight is 632 g/mol. The normalized spacial score (nSPS) is 52.4. The smallest absolute Gasteiger partial charge is 0.170 e. The van der Waals surface area contributed by atoms with Crippen LogP contribution < -0.4 is 11.5 Å². The molecule has 4 saturated carbocycles. The maximum atomic E-state index is 10.7. The first kappa shape index (κ1) is 31.1. The van der Waals surface area contributed by atoms with E-state index in [1.54, 1.807) is 13.8 Å². The molecule has 12 unspecified atom stereocenters. The Labute approximate surface area is 268 Å². The quantitative estimate of drug-likeness (QED) is 0.371. The lowest BCUT2D eigenvalue weighted by Gasteiger charge is -2.62. The standard InChI is InChI=1S/C35H57N3O5S/c1-6-32-13-14-34-20-33(34)12-11-26(43-27-17-38(15-16-41-27)21-18-40-19-21)30(2,3)24(33)9-10-25(34)35(32,37)44-29-22(32)7-8-23(42-29)28(36)31(4,5)39/h6,21-29,39H,1,7-20,36-37H2,2-5H3. The highest BCUT2D eigenvalue weighted by Gasteiger charge is 2.84. The molecule has 0 aromatic rings. The molecular formula is C35H57N3O5S. The van der Waals surface area contributed by atoms with Gasteiger partial charge in [-0.2, -0.15) is 0 Å². The van der Waals surface area contributed by atoms with E-state index in [0.717, 1.165) is 58.6 Å². The molecule has 8 aliphatic rings. The Morgan fingerprint density at radius 2 is 1.82 bits per heavy atom. The van der Waals surface area contributed by atoms with Crippen LogP contribution in [0.1, 0.15) is 85.5 Å². The number of morpholine rings is 1. The molecule has 9 heteroatoms. The van der Waals surface area contributed by atoms with Gasteiger partial charge in [0, 0.05) is 17.9 Å². The van der Waals surface area contributed by atoms with Crippen molar-refractivity contribution in [3.8, 4) is 0 Å². The molecule has 0 aromatic heterocycles. The Hall–Kier alpha value is -0.230. The van der Waals surface area contributed by atoms with Gasteiger partial charge < -0.3 is 35.5 Å². The number of aliphatic hydroxyl groups is 1. The molecule has 2 spiro atoms. The first-order chi connectivity index (χ1) is 20.8. The maximum Gasteiger partial charge on any atom is 0.170 e. The van der Waals surface area contributed by atoms with Crippen molar-refractivity contribution in [1.82, 2.24) is 4.90 Å². The van der Waals surface area contributed by atoms with Crippen LogP contribution in [0.3, 0.4) is 0 Å². The highest BCUT2D eigenvalue weighted by molar-refractivity contribution is 8.01. The van der Waals surface area contributed by atoms with E-state index in [9.17, 15) is 5.11 Å². The first-order valence-electron chi connectivity index (χ1n) is 17.6. The fourth-order valence-corrected chi connectivity index (χ4v) is 14.5. The molecule has 44 heavy (non-hydrogen) atoms. The number of hydrogen-bond donors (Lipinski definition) is 3. The summed E-state index contributed by atoms with van der Waals surface area (Å²) in [5.74, 6) is 1.46. The molecule has 8 rings (SSSR count). The molecule has 12 atom stereocenters. The van der Waals surface area contributed by atoms with E-state index in [1.807, 2.05) is 11.8 Å². The van der Waals surface area contributed by atoms with Gasteiger partial charge in [0.25, 0.3) is 0 Å². The Balaban J connectivity index is 1.01. The number of nitrogens with zero attached hydrogens (tertiary/aromatic N) is 1. The van der Waals surface area contributed by atoms with Crippen molar-refractivity contribution < 1.29 is 24.1 Å². The molecule has 5 N–H and O–H groups in total. The predicted molar refractivity (Wildman–Crippen MR) is 172 cm³/mol. The summed E-state index contributed by atoms with van der Waals surface area (Å²) in [6, 6.07) is 0.112. The van der Waals surface area contributed by atoms with Crippen molar-refractivity contribution in [2.75, 3.05) is 32.9 Å². The Morgan fingerprint density at radius 3 is 2.52 bits per heavy atom. The van der Waals surface area contributed by atoms with Crippen molar-refractivity contribution in [1.29, 1.82) is 0 Å². The van der Waals surface area contributed by atoms with Gasteiger partial charge in [-0.1, -0.05) is 19.9 Å². The summed E-state index contributed by atoms with van der Waals surface area (Å²) in [6.07, 6.45) is 12.5. The van der Waals surface area contributed by atoms with Gasteiger partial charge in [-0.15, -0.1) is 18.3 Å². The van der Waals surface area contributed by atoms with Gasteiger partial charge in [0.15, 0.2) is 6.29 Å². The fraction of sp³-hybridized carbons (Fsp3) is 0.943. The van der Waals surface area contributed by atoms with Crippen LogP contribution in [-0.2, 0) is 18.9 Å². The third kappa shape index (κ3) is 4.06. The number of ether oxygens (including phenoxy) is 4. The lowest BCUT2D eigenvalue weighted by Crippen LogP contribution is -2.65. The summed E-state index contributed by atoms with van der Waals surface area (Å²) < 4.78 is 25.3. The van der Waals surface area contributed by atoms with Gasteiger partial charge in [-0.3, -0.25) is 4.90 Å². The van der Waals surface area contributed by atoms with Gasteiger partial charge >= 0.3 is 0 Å². The minimum absolute atomic E-state index is 0.00913. The zero-order chi connectivity index (χ0) is 30.9. The Kier molecular flexibility index (Phi) is 7.16. The number of thioether (sulfide) groups is 1. The molecule has 248 valence electrons. The maximum absolute atomic E-state index is 10.7. The third-order valence-electron chi connectivity index (χ3n) is 14.9. The van der Waals surface area contributed by atoms with E-state index in [4.69, 9.17) is 30.4 Å². The summed E-state index contributed by atoms with van der Waals surface area (Å²) in [5, 5.41) is 10.7. The van der Waals surface area contributed by atoms with Crippen LogP contribution in [0, 0.1) is 39.4 Å². The molecule has 4 saturated heterocycles. The van der Waals surface area contributed by atoms with E-state index in [1.165, 1.54) is 32.1 Å². The number of nitrogens with two attached hydrogens (primary N) is 2. The second-order valence-electron chi connectivity index (χ2n) is 17.2. The lowest BCUT2D eigenvalue weighted by atomic mass is 9.46. The summed E-state index contributed by atoms with van der Waals surface area (Å²) >= 11 is 1.91. The van der Waals surface area contributed by atoms with Crippen molar-refractivity contribution in [3.05, 3.63) is 12.7 Å². The average Bonchev–Trinajstić information content (AvgIpc) is 3.53. The molecule has 8 fully saturated rings. The van der Waals surface area contributed by atoms with E-state index < -0.39 is 11.6 Å². The van der Waals surface area contributed by atoms with Crippen LogP contribution in [0.2, 0.25) is 0 Å².